The molecule has 1 saturated heterocycles. The lowest BCUT2D eigenvalue weighted by Gasteiger charge is -2.35. The third-order valence-electron chi connectivity index (χ3n) is 12.0. The number of carbonyl (C=O) groups is 8. The first-order valence-corrected chi connectivity index (χ1v) is 21.9. The van der Waals surface area contributed by atoms with E-state index >= 15 is 0 Å². The summed E-state index contributed by atoms with van der Waals surface area (Å²) in [6.07, 6.45) is 13.4. The van der Waals surface area contributed by atoms with Crippen molar-refractivity contribution in [2.24, 2.45) is 17.8 Å². The Labute approximate surface area is 362 Å². The number of hydrogen-bond donors (Lipinski definition) is 7. The molecular weight excluding hydrogens is 797 g/mol. The first-order valence-electron chi connectivity index (χ1n) is 21.9. The van der Waals surface area contributed by atoms with Gasteiger partial charge in [0.25, 0.3) is 11.8 Å². The molecule has 0 bridgehead atoms. The van der Waals surface area contributed by atoms with Gasteiger partial charge in [0.05, 0.1) is 30.7 Å². The van der Waals surface area contributed by atoms with Gasteiger partial charge >= 0.3 is 0 Å². The van der Waals surface area contributed by atoms with E-state index in [1.165, 1.54) is 23.5 Å². The van der Waals surface area contributed by atoms with Gasteiger partial charge in [0.1, 0.15) is 23.8 Å². The van der Waals surface area contributed by atoms with Crippen LogP contribution < -0.4 is 37.2 Å². The lowest BCUT2D eigenvalue weighted by atomic mass is 9.81. The smallest absolute Gasteiger partial charge is 0.290 e. The number of ketones is 1. The maximum absolute atomic E-state index is 14.3. The fourth-order valence-corrected chi connectivity index (χ4v) is 8.63. The van der Waals surface area contributed by atoms with E-state index in [0.29, 0.717) is 12.0 Å². The molecule has 2 aliphatic carbocycles. The number of rotatable bonds is 19. The zero-order valence-corrected chi connectivity index (χ0v) is 36.0. The summed E-state index contributed by atoms with van der Waals surface area (Å²) in [7, 11) is 3.11. The van der Waals surface area contributed by atoms with Gasteiger partial charge in [0.15, 0.2) is 0 Å². The van der Waals surface area contributed by atoms with Gasteiger partial charge in [-0.05, 0) is 49.5 Å². The second kappa shape index (κ2) is 23.4. The monoisotopic (exact) mass is 858 g/mol. The van der Waals surface area contributed by atoms with Crippen LogP contribution in [0.5, 0.6) is 0 Å². The van der Waals surface area contributed by atoms with E-state index in [2.05, 4.69) is 47.2 Å². The van der Waals surface area contributed by atoms with Crippen molar-refractivity contribution in [2.75, 3.05) is 33.7 Å². The van der Waals surface area contributed by atoms with Crippen LogP contribution in [0.25, 0.3) is 0 Å². The van der Waals surface area contributed by atoms with Gasteiger partial charge in [-0.15, -0.1) is 0 Å². The number of nitrogens with zero attached hydrogens (tertiary/aromatic N) is 3. The largest absolute Gasteiger partial charge is 0.349 e. The fourth-order valence-electron chi connectivity index (χ4n) is 8.63. The van der Waals surface area contributed by atoms with Crippen LogP contribution in [-0.4, -0.2) is 120 Å². The van der Waals surface area contributed by atoms with Gasteiger partial charge in [0.2, 0.25) is 35.3 Å². The van der Waals surface area contributed by atoms with Crippen LogP contribution in [0, 0.1) is 17.8 Å². The van der Waals surface area contributed by atoms with Crippen molar-refractivity contribution in [2.45, 2.75) is 114 Å². The number of hydrogen-bond acceptors (Lipinski definition) is 11. The summed E-state index contributed by atoms with van der Waals surface area (Å²) >= 11 is 0. The number of carbonyl (C=O) groups excluding carboxylic acids is 8. The van der Waals surface area contributed by atoms with Gasteiger partial charge < -0.3 is 42.1 Å². The Kier molecular flexibility index (Phi) is 17.9. The Bertz CT molecular complexity index is 1870. The number of benzene rings is 1. The van der Waals surface area contributed by atoms with Crippen molar-refractivity contribution in [3.63, 3.8) is 0 Å². The highest BCUT2D eigenvalue weighted by Crippen LogP contribution is 2.30. The van der Waals surface area contributed by atoms with E-state index < -0.39 is 83.9 Å². The molecule has 1 aliphatic heterocycles. The van der Waals surface area contributed by atoms with Crippen LogP contribution in [0.2, 0.25) is 0 Å². The minimum absolute atomic E-state index is 0.0822. The van der Waals surface area contributed by atoms with E-state index in [1.54, 1.807) is 51.4 Å². The molecule has 2 heterocycles. The molecule has 0 radical (unpaired) electrons. The molecule has 3 fully saturated rings. The summed E-state index contributed by atoms with van der Waals surface area (Å²) in [6, 6.07) is 3.88. The zero-order valence-electron chi connectivity index (χ0n) is 36.0. The third-order valence-corrected chi connectivity index (χ3v) is 12.0. The average Bonchev–Trinajstić information content (AvgIpc) is 3.76. The lowest BCUT2D eigenvalue weighted by molar-refractivity contribution is -0.141. The Morgan fingerprint density at radius 1 is 0.774 bits per heavy atom. The van der Waals surface area contributed by atoms with E-state index in [0.717, 1.165) is 64.2 Å². The van der Waals surface area contributed by atoms with Crippen LogP contribution in [-0.2, 0) is 33.6 Å². The van der Waals surface area contributed by atoms with Crippen LogP contribution in [0.3, 0.4) is 0 Å². The van der Waals surface area contributed by atoms with Gasteiger partial charge in [0, 0.05) is 39.6 Å². The second-order valence-corrected chi connectivity index (χ2v) is 16.7. The third kappa shape index (κ3) is 13.1. The predicted octanol–water partition coefficient (Wildman–Crippen LogP) is 0.841. The molecule has 2 saturated carbocycles. The molecule has 5 rings (SSSR count). The number of likely N-dealkylation sites (N-methyl/N-ethyl adjacent to an activating group) is 1. The molecule has 1 aromatic carbocycles. The SMILES string of the molecule is CCCC(NC(=O)[C@@H]1CNC[C@@H]1NC(=O)[C@@H](NC(=O)[C@@H](NC(=O)c1cnccn1)C1CCCCC1)C1CCCCC1)C(=O)C(=O)NCC(=O)N[C@H](C(=O)N(C)C)c1ccccc1. The van der Waals surface area contributed by atoms with Crippen LogP contribution in [0.4, 0.5) is 0 Å². The molecule has 62 heavy (non-hydrogen) atoms. The zero-order chi connectivity index (χ0) is 44.6. The number of aromatic nitrogens is 2. The summed E-state index contributed by atoms with van der Waals surface area (Å²) < 4.78 is 0. The summed E-state index contributed by atoms with van der Waals surface area (Å²) in [6.45, 7) is 1.64. The van der Waals surface area contributed by atoms with Gasteiger partial charge in [-0.1, -0.05) is 82.2 Å². The maximum atomic E-state index is 14.3. The molecule has 336 valence electrons. The van der Waals surface area contributed by atoms with Crippen LogP contribution in [0.15, 0.2) is 48.9 Å². The van der Waals surface area contributed by atoms with Gasteiger partial charge in [-0.25, -0.2) is 4.98 Å². The number of nitrogens with one attached hydrogen (secondary N) is 7. The van der Waals surface area contributed by atoms with Crippen molar-refractivity contribution in [1.29, 1.82) is 0 Å². The Morgan fingerprint density at radius 2 is 1.42 bits per heavy atom. The molecule has 3 aliphatic rings. The summed E-state index contributed by atoms with van der Waals surface area (Å²) in [4.78, 5) is 117. The molecule has 1 unspecified atom stereocenters. The molecule has 6 atom stereocenters. The first kappa shape index (κ1) is 47.3. The van der Waals surface area contributed by atoms with Gasteiger partial charge in [-0.3, -0.25) is 43.3 Å². The Morgan fingerprint density at radius 3 is 2.02 bits per heavy atom. The number of Topliss-reactive ketones (excluding diaryl/α,β-unsaturated/α-hetero) is 1. The molecule has 18 nitrogen and oxygen atoms in total. The van der Waals surface area contributed by atoms with Crippen LogP contribution in [0.1, 0.15) is 106 Å². The second-order valence-electron chi connectivity index (χ2n) is 16.7. The van der Waals surface area contributed by atoms with E-state index in [1.807, 2.05) is 0 Å². The molecule has 0 spiro atoms. The Balaban J connectivity index is 1.21. The first-order chi connectivity index (χ1) is 29.9. The summed E-state index contributed by atoms with van der Waals surface area (Å²) in [5.41, 5.74) is 0.625. The van der Waals surface area contributed by atoms with E-state index in [9.17, 15) is 38.4 Å². The summed E-state index contributed by atoms with van der Waals surface area (Å²) in [5, 5.41) is 19.7. The van der Waals surface area contributed by atoms with E-state index in [4.69, 9.17) is 0 Å². The lowest BCUT2D eigenvalue weighted by Crippen LogP contribution is -2.60. The van der Waals surface area contributed by atoms with Crippen molar-refractivity contribution in [1.82, 2.24) is 52.1 Å². The number of amides is 7. The minimum Gasteiger partial charge on any atom is -0.349 e. The van der Waals surface area contributed by atoms with Gasteiger partial charge in [-0.2, -0.15) is 0 Å². The van der Waals surface area contributed by atoms with Crippen molar-refractivity contribution < 1.29 is 38.4 Å². The minimum atomic E-state index is -1.21. The highest BCUT2D eigenvalue weighted by molar-refractivity contribution is 6.38. The highest BCUT2D eigenvalue weighted by atomic mass is 16.2. The molecular formula is C44H62N10O8. The summed E-state index contributed by atoms with van der Waals surface area (Å²) in [5.74, 6) is -6.17. The average molecular weight is 859 g/mol. The predicted molar refractivity (Wildman–Crippen MR) is 228 cm³/mol. The van der Waals surface area contributed by atoms with Crippen molar-refractivity contribution in [3.05, 3.63) is 60.2 Å². The Hall–Kier alpha value is -5.78. The highest BCUT2D eigenvalue weighted by Gasteiger charge is 2.41. The molecule has 18 heteroatoms. The molecule has 7 N–H and O–H groups in total. The topological polar surface area (TPSA) is 250 Å². The van der Waals surface area contributed by atoms with Crippen molar-refractivity contribution >= 4 is 47.1 Å². The van der Waals surface area contributed by atoms with Crippen molar-refractivity contribution in [3.8, 4) is 0 Å². The van der Waals surface area contributed by atoms with Crippen LogP contribution >= 0.6 is 0 Å². The maximum Gasteiger partial charge on any atom is 0.290 e. The quantitative estimate of drug-likeness (QED) is 0.0976. The molecule has 1 aromatic heterocycles. The fraction of sp³-hybridized carbons (Fsp3) is 0.591. The molecule has 7 amide bonds. The normalized spacial score (nSPS) is 20.0. The standard InChI is InChI=1S/C44H62N10O8/c1-4-14-31(38(56)43(61)48-26-34(55)51-37(44(62)54(2)3)29-19-12-7-13-20-29)49-39(57)30-23-46-24-32(30)50-41(59)35(27-15-8-5-9-16-27)53-42(60)36(28-17-10-6-11-18-28)52-40(58)33-25-45-21-22-47-33/h7,12-13,19-22,25,27-28,30-32,35-37,46H,4-6,8-11,14-18,23-24,26H2,1-3H3,(H,48,61)(H,49,57)(H,50,59)(H,51,55)(H,52,58)(H,53,60)/t30-,31?,32+,35+,36+,37+/m1/s1. The molecule has 2 aromatic rings. The van der Waals surface area contributed by atoms with E-state index in [-0.39, 0.29) is 42.9 Å².